The van der Waals surface area contributed by atoms with Crippen LogP contribution in [0.5, 0.6) is 5.75 Å². The first-order valence-corrected chi connectivity index (χ1v) is 6.53. The number of ether oxygens (including phenoxy) is 1. The lowest BCUT2D eigenvalue weighted by molar-refractivity contribution is 0.295. The molecule has 0 bridgehead atoms. The maximum atomic E-state index is 14.0. The molecule has 0 unspecified atom stereocenters. The molecule has 0 atom stereocenters. The quantitative estimate of drug-likeness (QED) is 0.687. The first-order valence-electron chi connectivity index (χ1n) is 5.99. The average Bonchev–Trinajstić information content (AvgIpc) is 2.38. The van der Waals surface area contributed by atoms with Gasteiger partial charge in [-0.15, -0.1) is 11.6 Å². The van der Waals surface area contributed by atoms with Crippen LogP contribution >= 0.6 is 11.6 Å². The Morgan fingerprint density at radius 3 is 2.41 bits per heavy atom. The van der Waals surface area contributed by atoms with Crippen molar-refractivity contribution in [1.82, 2.24) is 0 Å². The summed E-state index contributed by atoms with van der Waals surface area (Å²) in [7, 11) is 1.48. The van der Waals surface area contributed by atoms with Gasteiger partial charge in [0.05, 0.1) is 7.11 Å². The van der Waals surface area contributed by atoms with Gasteiger partial charge in [-0.1, -0.05) is 26.0 Å². The smallest absolute Gasteiger partial charge is 0.168 e. The topological polar surface area (TPSA) is 9.23 Å². The lowest BCUT2D eigenvalue weighted by atomic mass is 9.78. The van der Waals surface area contributed by atoms with Gasteiger partial charge in [0.15, 0.2) is 11.6 Å². The summed E-state index contributed by atoms with van der Waals surface area (Å²) in [5, 5.41) is 0. The Morgan fingerprint density at radius 2 is 1.94 bits per heavy atom. The van der Waals surface area contributed by atoms with E-state index >= 15 is 0 Å². The number of benzene rings is 1. The molecule has 1 aromatic rings. The van der Waals surface area contributed by atoms with Crippen LogP contribution in [0.2, 0.25) is 0 Å². The fourth-order valence-corrected chi connectivity index (χ4v) is 2.46. The van der Waals surface area contributed by atoms with Gasteiger partial charge in [0.25, 0.3) is 0 Å². The number of hydrogen-bond acceptors (Lipinski definition) is 1. The molecular formula is C14H20ClFO. The predicted molar refractivity (Wildman–Crippen MR) is 70.4 cm³/mol. The van der Waals surface area contributed by atoms with Crippen molar-refractivity contribution in [2.75, 3.05) is 13.0 Å². The van der Waals surface area contributed by atoms with Gasteiger partial charge in [0.2, 0.25) is 0 Å². The fraction of sp³-hybridized carbons (Fsp3) is 0.571. The molecule has 0 heterocycles. The van der Waals surface area contributed by atoms with Gasteiger partial charge in [0.1, 0.15) is 0 Å². The van der Waals surface area contributed by atoms with Crippen LogP contribution in [0.1, 0.15) is 32.3 Å². The maximum Gasteiger partial charge on any atom is 0.168 e. The Kier molecular flexibility index (Phi) is 5.26. The second-order valence-corrected chi connectivity index (χ2v) is 4.72. The van der Waals surface area contributed by atoms with E-state index in [2.05, 4.69) is 13.8 Å². The molecular weight excluding hydrogens is 239 g/mol. The summed E-state index contributed by atoms with van der Waals surface area (Å²) in [6.45, 7) is 4.20. The largest absolute Gasteiger partial charge is 0.494 e. The molecule has 0 saturated heterocycles. The van der Waals surface area contributed by atoms with Crippen LogP contribution in [-0.2, 0) is 6.42 Å². The average molecular weight is 259 g/mol. The van der Waals surface area contributed by atoms with Crippen molar-refractivity contribution in [3.8, 4) is 5.75 Å². The molecule has 0 aliphatic carbocycles. The standard InChI is InChI=1S/C14H20ClFO/c1-4-14(5-2,10-15)9-11-7-6-8-12(17-3)13(11)16/h6-8H,4-5,9-10H2,1-3H3. The van der Waals surface area contributed by atoms with Gasteiger partial charge >= 0.3 is 0 Å². The molecule has 0 aromatic heterocycles. The van der Waals surface area contributed by atoms with Gasteiger partial charge in [-0.3, -0.25) is 0 Å². The molecule has 0 fully saturated rings. The third-order valence-electron chi connectivity index (χ3n) is 3.61. The zero-order chi connectivity index (χ0) is 12.9. The van der Waals surface area contributed by atoms with Crippen molar-refractivity contribution in [2.24, 2.45) is 5.41 Å². The molecule has 1 nitrogen and oxygen atoms in total. The van der Waals surface area contributed by atoms with Gasteiger partial charge < -0.3 is 4.74 Å². The Balaban J connectivity index is 3.01. The van der Waals surface area contributed by atoms with Crippen LogP contribution in [0.4, 0.5) is 4.39 Å². The second-order valence-electron chi connectivity index (χ2n) is 4.45. The van der Waals surface area contributed by atoms with E-state index in [1.165, 1.54) is 7.11 Å². The minimum Gasteiger partial charge on any atom is -0.494 e. The first-order chi connectivity index (χ1) is 8.12. The minimum absolute atomic E-state index is 0.0191. The zero-order valence-corrected chi connectivity index (χ0v) is 11.5. The van der Waals surface area contributed by atoms with Crippen molar-refractivity contribution in [3.05, 3.63) is 29.6 Å². The Morgan fingerprint density at radius 1 is 1.29 bits per heavy atom. The second kappa shape index (κ2) is 6.25. The zero-order valence-electron chi connectivity index (χ0n) is 10.7. The fourth-order valence-electron chi connectivity index (χ4n) is 1.99. The van der Waals surface area contributed by atoms with Crippen LogP contribution in [-0.4, -0.2) is 13.0 Å². The number of halogens is 2. The highest BCUT2D eigenvalue weighted by atomic mass is 35.5. The number of alkyl halides is 1. The highest BCUT2D eigenvalue weighted by Gasteiger charge is 2.27. The molecule has 3 heteroatoms. The first kappa shape index (κ1) is 14.3. The van der Waals surface area contributed by atoms with Crippen LogP contribution < -0.4 is 4.74 Å². The van der Waals surface area contributed by atoms with E-state index in [-0.39, 0.29) is 11.2 Å². The van der Waals surface area contributed by atoms with E-state index in [0.29, 0.717) is 23.6 Å². The Bertz CT molecular complexity index is 353. The Hall–Kier alpha value is -0.760. The van der Waals surface area contributed by atoms with Crippen LogP contribution in [0.15, 0.2) is 18.2 Å². The molecule has 0 saturated carbocycles. The van der Waals surface area contributed by atoms with E-state index in [9.17, 15) is 4.39 Å². The summed E-state index contributed by atoms with van der Waals surface area (Å²) in [5.74, 6) is 0.598. The van der Waals surface area contributed by atoms with E-state index < -0.39 is 0 Å². The van der Waals surface area contributed by atoms with Crippen LogP contribution in [0.3, 0.4) is 0 Å². The van der Waals surface area contributed by atoms with Crippen LogP contribution in [0, 0.1) is 11.2 Å². The molecule has 17 heavy (non-hydrogen) atoms. The molecule has 0 spiro atoms. The number of methoxy groups -OCH3 is 1. The third kappa shape index (κ3) is 3.12. The van der Waals surface area contributed by atoms with Crippen molar-refractivity contribution >= 4 is 11.6 Å². The van der Waals surface area contributed by atoms with E-state index in [0.717, 1.165) is 12.8 Å². The molecule has 0 aliphatic heterocycles. The van der Waals surface area contributed by atoms with E-state index in [1.807, 2.05) is 12.1 Å². The molecule has 1 aromatic carbocycles. The minimum atomic E-state index is -0.258. The monoisotopic (exact) mass is 258 g/mol. The molecule has 0 aliphatic rings. The van der Waals surface area contributed by atoms with E-state index in [1.54, 1.807) is 6.07 Å². The molecule has 96 valence electrons. The third-order valence-corrected chi connectivity index (χ3v) is 4.18. The normalized spacial score (nSPS) is 11.6. The number of hydrogen-bond donors (Lipinski definition) is 0. The summed E-state index contributed by atoms with van der Waals surface area (Å²) in [6.07, 6.45) is 2.56. The summed E-state index contributed by atoms with van der Waals surface area (Å²) in [4.78, 5) is 0. The molecule has 0 N–H and O–H groups in total. The predicted octanol–water partition coefficient (Wildman–Crippen LogP) is 4.42. The summed E-state index contributed by atoms with van der Waals surface area (Å²) in [6, 6.07) is 5.27. The maximum absolute atomic E-state index is 14.0. The van der Waals surface area contributed by atoms with Crippen molar-refractivity contribution in [1.29, 1.82) is 0 Å². The van der Waals surface area contributed by atoms with Gasteiger partial charge in [-0.25, -0.2) is 4.39 Å². The molecule has 0 radical (unpaired) electrons. The lowest BCUT2D eigenvalue weighted by Gasteiger charge is -2.29. The van der Waals surface area contributed by atoms with Gasteiger partial charge in [-0.05, 0) is 36.3 Å². The summed E-state index contributed by atoms with van der Waals surface area (Å²) in [5.41, 5.74) is 0.670. The number of rotatable bonds is 6. The Labute approximate surface area is 108 Å². The lowest BCUT2D eigenvalue weighted by Crippen LogP contribution is -2.24. The van der Waals surface area contributed by atoms with Gasteiger partial charge in [0, 0.05) is 5.88 Å². The van der Waals surface area contributed by atoms with E-state index in [4.69, 9.17) is 16.3 Å². The SMILES string of the molecule is CCC(CC)(CCl)Cc1cccc(OC)c1F. The van der Waals surface area contributed by atoms with Crippen LogP contribution in [0.25, 0.3) is 0 Å². The summed E-state index contributed by atoms with van der Waals surface area (Å²) < 4.78 is 19.0. The molecule has 1 rings (SSSR count). The van der Waals surface area contributed by atoms with Gasteiger partial charge in [-0.2, -0.15) is 0 Å². The van der Waals surface area contributed by atoms with Crippen molar-refractivity contribution < 1.29 is 9.13 Å². The molecule has 0 amide bonds. The highest BCUT2D eigenvalue weighted by molar-refractivity contribution is 6.18. The highest BCUT2D eigenvalue weighted by Crippen LogP contribution is 2.34. The van der Waals surface area contributed by atoms with Crippen molar-refractivity contribution in [2.45, 2.75) is 33.1 Å². The summed E-state index contributed by atoms with van der Waals surface area (Å²) >= 11 is 6.05. The van der Waals surface area contributed by atoms with Crippen molar-refractivity contribution in [3.63, 3.8) is 0 Å².